The van der Waals surface area contributed by atoms with Crippen LogP contribution in [0.2, 0.25) is 0 Å². The van der Waals surface area contributed by atoms with Crippen LogP contribution in [0.3, 0.4) is 0 Å². The number of hydrogen-bond donors (Lipinski definition) is 0. The van der Waals surface area contributed by atoms with E-state index in [1.807, 2.05) is 121 Å². The van der Waals surface area contributed by atoms with Gasteiger partial charge in [-0.1, -0.05) is 170 Å². The lowest BCUT2D eigenvalue weighted by Gasteiger charge is -2.29. The van der Waals surface area contributed by atoms with E-state index >= 15 is 0 Å². The van der Waals surface area contributed by atoms with Gasteiger partial charge in [0.2, 0.25) is 0 Å². The molecule has 0 unspecified atom stereocenters. The first-order chi connectivity index (χ1) is 34.0. The van der Waals surface area contributed by atoms with Gasteiger partial charge in [0.25, 0.3) is 0 Å². The number of fused-ring (bicyclic) bond motifs is 7. The van der Waals surface area contributed by atoms with E-state index in [9.17, 15) is 11.0 Å². The summed E-state index contributed by atoms with van der Waals surface area (Å²) in [6.45, 7) is 0. The van der Waals surface area contributed by atoms with Crippen LogP contribution in [0.25, 0.3) is 87.6 Å². The Kier molecular flexibility index (Phi) is 4.77. The molecule has 0 fully saturated rings. The lowest BCUT2D eigenvalue weighted by Crippen LogP contribution is -2.11. The predicted molar refractivity (Wildman–Crippen MR) is 237 cm³/mol. The molecule has 0 atom stereocenters. The summed E-state index contributed by atoms with van der Waals surface area (Å²) >= 11 is 0. The van der Waals surface area contributed by atoms with Crippen LogP contribution in [0.1, 0.15) is 20.6 Å². The molecule has 0 spiro atoms. The first-order valence-electron chi connectivity index (χ1n) is 25.5. The van der Waals surface area contributed by atoms with Gasteiger partial charge in [0, 0.05) is 32.8 Å². The maximum Gasteiger partial charge on any atom is 0.143 e. The van der Waals surface area contributed by atoms with Crippen molar-refractivity contribution in [2.45, 2.75) is 0 Å². The van der Waals surface area contributed by atoms with Crippen LogP contribution in [0.5, 0.6) is 0 Å². The Morgan fingerprint density at radius 3 is 1.89 bits per heavy atom. The van der Waals surface area contributed by atoms with Gasteiger partial charge in [-0.15, -0.1) is 0 Å². The third-order valence-corrected chi connectivity index (χ3v) is 10.1. The molecule has 2 heteroatoms. The van der Waals surface area contributed by atoms with Gasteiger partial charge in [0.05, 0.1) is 31.9 Å². The minimum Gasteiger partial charge on any atom is -0.455 e. The van der Waals surface area contributed by atoms with E-state index in [0.717, 1.165) is 43.5 Å². The van der Waals surface area contributed by atoms with Crippen molar-refractivity contribution in [3.8, 4) is 33.4 Å². The number of furan rings is 1. The quantitative estimate of drug-likeness (QED) is 0.169. The fraction of sp³-hybridized carbons (Fsp3) is 0. The zero-order valence-corrected chi connectivity index (χ0v) is 29.4. The van der Waals surface area contributed by atoms with Crippen molar-refractivity contribution in [1.29, 1.82) is 0 Å². The molecule has 10 aromatic carbocycles. The van der Waals surface area contributed by atoms with E-state index < -0.39 is 124 Å². The van der Waals surface area contributed by atoms with Gasteiger partial charge in [0.1, 0.15) is 11.2 Å². The molecule has 11 rings (SSSR count). The molecule has 0 aliphatic rings. The van der Waals surface area contributed by atoms with Gasteiger partial charge < -0.3 is 9.32 Å². The lowest BCUT2D eigenvalue weighted by atomic mass is 9.96. The fourth-order valence-electron chi connectivity index (χ4n) is 7.46. The zero-order chi connectivity index (χ0) is 50.1. The molecule has 1 aromatic heterocycles. The first kappa shape index (κ1) is 20.3. The van der Waals surface area contributed by atoms with Crippen molar-refractivity contribution in [3.05, 3.63) is 212 Å². The number of nitrogens with zero attached hydrogens (tertiary/aromatic N) is 1. The highest BCUT2D eigenvalue weighted by Gasteiger charge is 2.20. The van der Waals surface area contributed by atoms with Gasteiger partial charge in [-0.3, -0.25) is 0 Å². The maximum atomic E-state index is 9.75. The summed E-state index contributed by atoms with van der Waals surface area (Å²) in [5.41, 5.74) is 1.46. The second-order valence-electron chi connectivity index (χ2n) is 13.3. The Balaban J connectivity index is 1.14. The average molecular weight is 729 g/mol. The summed E-state index contributed by atoms with van der Waals surface area (Å²) in [4.78, 5) is 1.67. The molecule has 0 saturated heterocycles. The Morgan fingerprint density at radius 2 is 1.04 bits per heavy atom. The molecular weight excluding hydrogens is 679 g/mol. The molecule has 0 aliphatic heterocycles. The summed E-state index contributed by atoms with van der Waals surface area (Å²) in [5, 5.41) is 4.45. The average Bonchev–Trinajstić information content (AvgIpc) is 3.77. The number of rotatable bonds is 6. The maximum absolute atomic E-state index is 9.75. The van der Waals surface area contributed by atoms with Crippen LogP contribution in [-0.2, 0) is 0 Å². The van der Waals surface area contributed by atoms with Crippen molar-refractivity contribution in [1.82, 2.24) is 0 Å². The summed E-state index contributed by atoms with van der Waals surface area (Å²) in [6.07, 6.45) is 0. The third-order valence-electron chi connectivity index (χ3n) is 10.1. The number of benzene rings is 10. The summed E-state index contributed by atoms with van der Waals surface area (Å²) in [5.74, 6) is 0. The molecule has 262 valence electrons. The molecule has 0 amide bonds. The second kappa shape index (κ2) is 13.2. The Morgan fingerprint density at radius 1 is 0.375 bits per heavy atom. The van der Waals surface area contributed by atoms with Crippen molar-refractivity contribution in [2.24, 2.45) is 0 Å². The van der Waals surface area contributed by atoms with Crippen LogP contribution >= 0.6 is 0 Å². The zero-order valence-electron chi connectivity index (χ0n) is 44.4. The monoisotopic (exact) mass is 728 g/mol. The highest BCUT2D eigenvalue weighted by Crippen LogP contribution is 2.45. The number of para-hydroxylation sites is 1. The molecule has 0 N–H and O–H groups in total. The Hall–Kier alpha value is -7.42. The molecule has 56 heavy (non-hydrogen) atoms. The smallest absolute Gasteiger partial charge is 0.143 e. The molecule has 1 heterocycles. The summed E-state index contributed by atoms with van der Waals surface area (Å²) in [7, 11) is 0. The van der Waals surface area contributed by atoms with E-state index in [4.69, 9.17) is 14.0 Å². The van der Waals surface area contributed by atoms with Crippen LogP contribution < -0.4 is 4.90 Å². The van der Waals surface area contributed by atoms with Crippen LogP contribution in [0, 0.1) is 0 Å². The van der Waals surface area contributed by atoms with E-state index in [1.54, 1.807) is 4.90 Å². The number of hydrogen-bond acceptors (Lipinski definition) is 2. The normalized spacial score (nSPS) is 15.3. The second-order valence-corrected chi connectivity index (χ2v) is 13.3. The Labute approximate surface area is 346 Å². The van der Waals surface area contributed by atoms with Crippen molar-refractivity contribution in [2.75, 3.05) is 4.90 Å². The van der Waals surface area contributed by atoms with E-state index in [-0.39, 0.29) is 5.69 Å². The topological polar surface area (TPSA) is 16.4 Å². The summed E-state index contributed by atoms with van der Waals surface area (Å²) in [6, 6.07) is 27.6. The molecule has 0 aliphatic carbocycles. The van der Waals surface area contributed by atoms with Crippen molar-refractivity contribution in [3.63, 3.8) is 0 Å². The predicted octanol–water partition coefficient (Wildman–Crippen LogP) is 15.5. The molecule has 0 radical (unpaired) electrons. The Bertz CT molecular complexity index is 4080. The van der Waals surface area contributed by atoms with E-state index in [1.165, 1.54) is 0 Å². The highest BCUT2D eigenvalue weighted by molar-refractivity contribution is 6.16. The van der Waals surface area contributed by atoms with Gasteiger partial charge in [-0.25, -0.2) is 0 Å². The SMILES string of the molecule is [2H]c1c([2H])c(-c2c([2H])c([2H])c([2H])c3c([2H])c([2H])c([2H])c([2H])c23)c([2H])c([2H])c1-c1c([2H])c([2H])c(N(c2ccccc2-c2ccc3oc4c5ccccc5ccc4c3c2)c2cccc3ccccc23)c([2H])c1[2H]. The molecular formula is C54H35NO. The minimum atomic E-state index is -0.830. The van der Waals surface area contributed by atoms with Gasteiger partial charge in [-0.05, 0) is 91.8 Å². The van der Waals surface area contributed by atoms with E-state index in [0.29, 0.717) is 22.5 Å². The molecule has 0 bridgehead atoms. The van der Waals surface area contributed by atoms with Crippen LogP contribution in [0.4, 0.5) is 17.1 Å². The van der Waals surface area contributed by atoms with Gasteiger partial charge in [0.15, 0.2) is 0 Å². The number of anilines is 3. The lowest BCUT2D eigenvalue weighted by molar-refractivity contribution is 0.672. The fourth-order valence-corrected chi connectivity index (χ4v) is 7.46. The van der Waals surface area contributed by atoms with Gasteiger partial charge >= 0.3 is 0 Å². The van der Waals surface area contributed by atoms with Crippen LogP contribution in [0.15, 0.2) is 216 Å². The largest absolute Gasteiger partial charge is 0.455 e. The third kappa shape index (κ3) is 5.34. The van der Waals surface area contributed by atoms with Gasteiger partial charge in [-0.2, -0.15) is 0 Å². The standard InChI is InChI=1S/C54H35NO/c1-4-16-44-38(11-1)14-9-20-45(44)41-25-23-36(24-26-41)37-27-31-43(32-28-37)55(52-22-10-15-39-12-2-5-17-46(39)52)51-21-8-7-18-47(51)42-30-34-53-50(35-42)49-33-29-40-13-3-6-19-48(40)54(49)56-53/h1-35H/i1D,4D,9D,11D,14D,16D,20D,23D,24D,25D,26D,27D,28D,31D,32D. The first-order valence-corrected chi connectivity index (χ1v) is 18.0. The van der Waals surface area contributed by atoms with E-state index in [2.05, 4.69) is 0 Å². The van der Waals surface area contributed by atoms with Crippen LogP contribution in [-0.4, -0.2) is 0 Å². The summed E-state index contributed by atoms with van der Waals surface area (Å²) < 4.78 is 142. The molecule has 11 aromatic rings. The van der Waals surface area contributed by atoms with Crippen molar-refractivity contribution >= 4 is 71.3 Å². The molecule has 2 nitrogen and oxygen atoms in total. The highest BCUT2D eigenvalue weighted by atomic mass is 16.3. The minimum absolute atomic E-state index is 0.168. The van der Waals surface area contributed by atoms with Crippen molar-refractivity contribution < 1.29 is 25.0 Å². The molecule has 0 saturated carbocycles.